The molecule has 0 spiro atoms. The molecule has 0 radical (unpaired) electrons. The van der Waals surface area contributed by atoms with Crippen molar-refractivity contribution in [3.05, 3.63) is 35.6 Å². The molecule has 0 N–H and O–H groups in total. The largest absolute Gasteiger partial charge is 0.420 e. The van der Waals surface area contributed by atoms with Crippen molar-refractivity contribution in [3.8, 4) is 0 Å². The average Bonchev–Trinajstić information content (AvgIpc) is 3.11. The van der Waals surface area contributed by atoms with E-state index in [0.717, 1.165) is 23.3 Å². The van der Waals surface area contributed by atoms with Crippen LogP contribution in [-0.2, 0) is 9.53 Å². The Balaban J connectivity index is 1.84. The van der Waals surface area contributed by atoms with Crippen molar-refractivity contribution < 1.29 is 9.53 Å². The van der Waals surface area contributed by atoms with Gasteiger partial charge in [0.1, 0.15) is 0 Å². The minimum absolute atomic E-state index is 0.116. The van der Waals surface area contributed by atoms with Gasteiger partial charge in [0.2, 0.25) is 0 Å². The van der Waals surface area contributed by atoms with Gasteiger partial charge in [0.25, 0.3) is 5.91 Å². The number of likely N-dealkylation sites (N-methyl/N-ethyl adjacent to an activating group) is 1. The van der Waals surface area contributed by atoms with Crippen molar-refractivity contribution in [2.45, 2.75) is 43.5 Å². The van der Waals surface area contributed by atoms with Gasteiger partial charge in [0.05, 0.1) is 6.04 Å². The molecule has 0 atom stereocenters. The first-order valence-electron chi connectivity index (χ1n) is 7.75. The van der Waals surface area contributed by atoms with Crippen LogP contribution in [0.5, 0.6) is 0 Å². The van der Waals surface area contributed by atoms with Gasteiger partial charge in [-0.25, -0.2) is 4.99 Å². The van der Waals surface area contributed by atoms with E-state index < -0.39 is 0 Å². The highest BCUT2D eigenvalue weighted by Gasteiger charge is 2.34. The summed E-state index contributed by atoms with van der Waals surface area (Å²) in [5.74, 6) is 0.222. The number of aliphatic imine (C=N–C) groups is 1. The summed E-state index contributed by atoms with van der Waals surface area (Å²) in [4.78, 5) is 19.6. The maximum absolute atomic E-state index is 12.4. The van der Waals surface area contributed by atoms with Crippen LogP contribution in [0.15, 0.2) is 39.9 Å². The molecule has 1 saturated carbocycles. The standard InChI is InChI=1S/C17H20N2O2S/c1-2-19-16(20)15(11-12-7-9-14(22)10-8-12)21-17(19)18-13-5-3-4-6-13/h7-11,13,22H,2-6H2,1H3/b15-11+,18-17?. The number of ether oxygens (including phenoxy) is 1. The zero-order valence-corrected chi connectivity index (χ0v) is 13.6. The molecule has 4 nitrogen and oxygen atoms in total. The summed E-state index contributed by atoms with van der Waals surface area (Å²) in [6, 6.07) is 8.35. The molecule has 2 aliphatic rings. The topological polar surface area (TPSA) is 41.9 Å². The Morgan fingerprint density at radius 2 is 2.00 bits per heavy atom. The minimum atomic E-state index is -0.116. The molecule has 22 heavy (non-hydrogen) atoms. The number of benzene rings is 1. The van der Waals surface area contributed by atoms with Gasteiger partial charge in [0, 0.05) is 11.4 Å². The van der Waals surface area contributed by atoms with Crippen molar-refractivity contribution in [1.29, 1.82) is 0 Å². The lowest BCUT2D eigenvalue weighted by Gasteiger charge is -2.11. The lowest BCUT2D eigenvalue weighted by Crippen LogP contribution is -2.30. The molecule has 1 amide bonds. The van der Waals surface area contributed by atoms with Gasteiger partial charge in [-0.3, -0.25) is 9.69 Å². The summed E-state index contributed by atoms with van der Waals surface area (Å²) in [5.41, 5.74) is 0.916. The fourth-order valence-corrected chi connectivity index (χ4v) is 2.94. The normalized spacial score (nSPS) is 22.8. The third kappa shape index (κ3) is 3.19. The predicted molar refractivity (Wildman–Crippen MR) is 89.8 cm³/mol. The van der Waals surface area contributed by atoms with Crippen LogP contribution in [0.2, 0.25) is 0 Å². The highest BCUT2D eigenvalue weighted by molar-refractivity contribution is 7.80. The molecular formula is C17H20N2O2S. The zero-order chi connectivity index (χ0) is 15.5. The Morgan fingerprint density at radius 1 is 1.32 bits per heavy atom. The molecule has 0 unspecified atom stereocenters. The molecular weight excluding hydrogens is 296 g/mol. The quantitative estimate of drug-likeness (QED) is 0.685. The molecule has 1 aliphatic carbocycles. The smallest absolute Gasteiger partial charge is 0.300 e. The monoisotopic (exact) mass is 316 g/mol. The van der Waals surface area contributed by atoms with Crippen molar-refractivity contribution in [2.24, 2.45) is 4.99 Å². The minimum Gasteiger partial charge on any atom is -0.420 e. The van der Waals surface area contributed by atoms with Crippen LogP contribution in [-0.4, -0.2) is 29.4 Å². The Bertz CT molecular complexity index is 616. The summed E-state index contributed by atoms with van der Waals surface area (Å²) in [6.45, 7) is 2.50. The Kier molecular flexibility index (Phi) is 4.52. The highest BCUT2D eigenvalue weighted by Crippen LogP contribution is 2.25. The molecule has 1 aromatic rings. The van der Waals surface area contributed by atoms with Crippen LogP contribution >= 0.6 is 12.6 Å². The van der Waals surface area contributed by atoms with E-state index in [1.165, 1.54) is 12.8 Å². The zero-order valence-electron chi connectivity index (χ0n) is 12.7. The predicted octanol–water partition coefficient (Wildman–Crippen LogP) is 3.49. The van der Waals surface area contributed by atoms with Gasteiger partial charge >= 0.3 is 6.02 Å². The fraction of sp³-hybridized carbons (Fsp3) is 0.412. The second-order valence-electron chi connectivity index (χ2n) is 5.60. The van der Waals surface area contributed by atoms with E-state index >= 15 is 0 Å². The van der Waals surface area contributed by atoms with Crippen LogP contribution in [0, 0.1) is 0 Å². The van der Waals surface area contributed by atoms with Crippen LogP contribution in [0.3, 0.4) is 0 Å². The number of carbonyl (C=O) groups excluding carboxylic acids is 1. The van der Waals surface area contributed by atoms with Crippen molar-refractivity contribution in [1.82, 2.24) is 4.90 Å². The summed E-state index contributed by atoms with van der Waals surface area (Å²) >= 11 is 4.26. The van der Waals surface area contributed by atoms with E-state index in [0.29, 0.717) is 24.4 Å². The average molecular weight is 316 g/mol. The highest BCUT2D eigenvalue weighted by atomic mass is 32.1. The summed E-state index contributed by atoms with van der Waals surface area (Å²) in [7, 11) is 0. The maximum Gasteiger partial charge on any atom is 0.300 e. The van der Waals surface area contributed by atoms with Gasteiger partial charge in [-0.1, -0.05) is 25.0 Å². The Morgan fingerprint density at radius 3 is 2.64 bits per heavy atom. The lowest BCUT2D eigenvalue weighted by molar-refractivity contribution is -0.122. The molecule has 1 aliphatic heterocycles. The molecule has 0 bridgehead atoms. The van der Waals surface area contributed by atoms with Gasteiger partial charge in [-0.05, 0) is 43.5 Å². The van der Waals surface area contributed by atoms with Crippen LogP contribution in [0.25, 0.3) is 6.08 Å². The first kappa shape index (κ1) is 15.2. The number of amides is 1. The molecule has 116 valence electrons. The Hall–Kier alpha value is -1.75. The number of carbonyl (C=O) groups is 1. The maximum atomic E-state index is 12.4. The first-order chi connectivity index (χ1) is 10.7. The number of thiol groups is 1. The van der Waals surface area contributed by atoms with Gasteiger partial charge < -0.3 is 4.74 Å². The third-order valence-corrected chi connectivity index (χ3v) is 4.31. The molecule has 5 heteroatoms. The first-order valence-corrected chi connectivity index (χ1v) is 8.20. The summed E-state index contributed by atoms with van der Waals surface area (Å²) in [5, 5.41) is 0. The van der Waals surface area contributed by atoms with Gasteiger partial charge in [-0.2, -0.15) is 0 Å². The Labute approximate surface area is 136 Å². The van der Waals surface area contributed by atoms with Crippen molar-refractivity contribution in [3.63, 3.8) is 0 Å². The van der Waals surface area contributed by atoms with E-state index in [9.17, 15) is 4.79 Å². The molecule has 1 saturated heterocycles. The lowest BCUT2D eigenvalue weighted by atomic mass is 10.2. The SMILES string of the molecule is CCN1C(=O)/C(=C\c2ccc(S)cc2)OC1=NC1CCCC1. The second-order valence-corrected chi connectivity index (χ2v) is 6.12. The summed E-state index contributed by atoms with van der Waals surface area (Å²) < 4.78 is 5.74. The van der Waals surface area contributed by atoms with Crippen LogP contribution < -0.4 is 0 Å². The number of hydrogen-bond donors (Lipinski definition) is 1. The second kappa shape index (κ2) is 6.57. The fourth-order valence-electron chi connectivity index (χ4n) is 2.79. The molecule has 3 rings (SSSR count). The van der Waals surface area contributed by atoms with Crippen molar-refractivity contribution in [2.75, 3.05) is 6.54 Å². The van der Waals surface area contributed by atoms with E-state index in [4.69, 9.17) is 4.74 Å². The molecule has 2 fully saturated rings. The number of rotatable bonds is 3. The number of hydrogen-bond acceptors (Lipinski definition) is 4. The number of amidine groups is 1. The molecule has 1 aromatic carbocycles. The van der Waals surface area contributed by atoms with Crippen molar-refractivity contribution >= 4 is 30.6 Å². The number of nitrogens with zero attached hydrogens (tertiary/aromatic N) is 2. The van der Waals surface area contributed by atoms with E-state index in [1.807, 2.05) is 31.2 Å². The van der Waals surface area contributed by atoms with Gasteiger partial charge in [0.15, 0.2) is 5.76 Å². The summed E-state index contributed by atoms with van der Waals surface area (Å²) in [6.07, 6.45) is 6.35. The van der Waals surface area contributed by atoms with E-state index in [-0.39, 0.29) is 5.91 Å². The molecule has 0 aromatic heterocycles. The van der Waals surface area contributed by atoms with Crippen LogP contribution in [0.4, 0.5) is 0 Å². The van der Waals surface area contributed by atoms with Crippen LogP contribution in [0.1, 0.15) is 38.2 Å². The van der Waals surface area contributed by atoms with Gasteiger partial charge in [-0.15, -0.1) is 12.6 Å². The molecule has 1 heterocycles. The van der Waals surface area contributed by atoms with E-state index in [2.05, 4.69) is 17.6 Å². The van der Waals surface area contributed by atoms with E-state index in [1.54, 1.807) is 11.0 Å². The third-order valence-electron chi connectivity index (χ3n) is 4.01.